The Bertz CT molecular complexity index is 1080. The number of sulfonamides is 1. The van der Waals surface area contributed by atoms with E-state index >= 15 is 0 Å². The maximum Gasteiger partial charge on any atom is 0.253 e. The number of halogens is 2. The molecule has 0 spiro atoms. The van der Waals surface area contributed by atoms with Crippen LogP contribution in [0.25, 0.3) is 0 Å². The molecule has 176 valence electrons. The molecule has 3 rings (SSSR count). The molecule has 0 saturated heterocycles. The topological polar surface area (TPSA) is 77.4 Å². The summed E-state index contributed by atoms with van der Waals surface area (Å²) >= 11 is 0. The molecule has 32 heavy (non-hydrogen) atoms. The van der Waals surface area contributed by atoms with Crippen LogP contribution in [0.3, 0.4) is 0 Å². The Kier molecular flexibility index (Phi) is 8.19. The summed E-state index contributed by atoms with van der Waals surface area (Å²) in [4.78, 5) is 12.7. The van der Waals surface area contributed by atoms with Gasteiger partial charge in [-0.05, 0) is 74.8 Å². The van der Waals surface area contributed by atoms with Gasteiger partial charge in [0.25, 0.3) is 5.56 Å². The van der Waals surface area contributed by atoms with Crippen molar-refractivity contribution in [2.75, 3.05) is 19.2 Å². The van der Waals surface area contributed by atoms with E-state index in [2.05, 4.69) is 4.72 Å². The Morgan fingerprint density at radius 3 is 2.56 bits per heavy atom. The molecule has 0 amide bonds. The number of ether oxygens (including phenoxy) is 1. The zero-order valence-corrected chi connectivity index (χ0v) is 19.2. The molecule has 1 heterocycles. The lowest BCUT2D eigenvalue weighted by atomic mass is 9.83. The molecule has 2 aromatic rings. The highest BCUT2D eigenvalue weighted by molar-refractivity contribution is 7.89. The maximum absolute atomic E-state index is 13.5. The van der Waals surface area contributed by atoms with Gasteiger partial charge in [0.1, 0.15) is 5.82 Å². The van der Waals surface area contributed by atoms with Crippen molar-refractivity contribution in [2.45, 2.75) is 57.6 Å². The number of pyridine rings is 1. The van der Waals surface area contributed by atoms with Crippen molar-refractivity contribution >= 4 is 10.0 Å². The van der Waals surface area contributed by atoms with Crippen LogP contribution in [0.15, 0.2) is 41.3 Å². The highest BCUT2D eigenvalue weighted by Crippen LogP contribution is 2.34. The lowest BCUT2D eigenvalue weighted by Crippen LogP contribution is -2.39. The third kappa shape index (κ3) is 6.46. The Morgan fingerprint density at radius 1 is 1.19 bits per heavy atom. The highest BCUT2D eigenvalue weighted by Gasteiger charge is 2.25. The number of alkyl halides is 1. The van der Waals surface area contributed by atoms with Gasteiger partial charge in [0, 0.05) is 18.3 Å². The lowest BCUT2D eigenvalue weighted by molar-refractivity contribution is 0.00730. The van der Waals surface area contributed by atoms with Gasteiger partial charge >= 0.3 is 0 Å². The molecule has 9 heteroatoms. The number of aromatic nitrogens is 1. The highest BCUT2D eigenvalue weighted by atomic mass is 32.2. The van der Waals surface area contributed by atoms with Crippen LogP contribution in [0, 0.1) is 19.7 Å². The first kappa shape index (κ1) is 24.5. The molecule has 0 radical (unpaired) electrons. The average Bonchev–Trinajstić information content (AvgIpc) is 2.77. The van der Waals surface area contributed by atoms with Gasteiger partial charge in [-0.3, -0.25) is 4.79 Å². The number of nitrogens with one attached hydrogen (secondary N) is 1. The van der Waals surface area contributed by atoms with Gasteiger partial charge in [0.05, 0.1) is 18.8 Å². The van der Waals surface area contributed by atoms with Crippen molar-refractivity contribution in [1.82, 2.24) is 9.29 Å². The van der Waals surface area contributed by atoms with Gasteiger partial charge in [-0.25, -0.2) is 21.9 Å². The van der Waals surface area contributed by atoms with Crippen LogP contribution in [-0.2, 0) is 14.8 Å². The van der Waals surface area contributed by atoms with Crippen molar-refractivity contribution in [3.8, 4) is 0 Å². The van der Waals surface area contributed by atoms with Gasteiger partial charge < -0.3 is 9.30 Å². The fourth-order valence-corrected chi connectivity index (χ4v) is 4.79. The van der Waals surface area contributed by atoms with Crippen LogP contribution < -0.4 is 10.3 Å². The molecule has 1 aliphatic carbocycles. The van der Waals surface area contributed by atoms with Crippen LogP contribution >= 0.6 is 0 Å². The van der Waals surface area contributed by atoms with Crippen molar-refractivity contribution in [3.63, 3.8) is 0 Å². The summed E-state index contributed by atoms with van der Waals surface area (Å²) < 4.78 is 59.2. The molecule has 1 aromatic heterocycles. The second-order valence-electron chi connectivity index (χ2n) is 8.50. The van der Waals surface area contributed by atoms with E-state index in [-0.39, 0.29) is 36.5 Å². The number of hydrogen-bond acceptors (Lipinski definition) is 4. The molecule has 1 saturated carbocycles. The van der Waals surface area contributed by atoms with Crippen molar-refractivity contribution in [3.05, 3.63) is 69.4 Å². The molecule has 1 atom stereocenters. The molecule has 1 aromatic carbocycles. The Labute approximate surface area is 187 Å². The molecule has 0 aliphatic heterocycles. The quantitative estimate of drug-likeness (QED) is 0.608. The first-order valence-electron chi connectivity index (χ1n) is 10.8. The first-order chi connectivity index (χ1) is 15.2. The van der Waals surface area contributed by atoms with Gasteiger partial charge in [-0.1, -0.05) is 12.1 Å². The predicted octanol–water partition coefficient (Wildman–Crippen LogP) is 3.73. The summed E-state index contributed by atoms with van der Waals surface area (Å²) in [7, 11) is -4.06. The fourth-order valence-electron chi connectivity index (χ4n) is 4.26. The van der Waals surface area contributed by atoms with E-state index in [1.807, 2.05) is 13.0 Å². The molecular weight excluding hydrogens is 438 g/mol. The summed E-state index contributed by atoms with van der Waals surface area (Å²) in [6.45, 7) is 3.52. The number of hydrogen-bond donors (Lipinski definition) is 1. The number of nitrogens with zero attached hydrogens (tertiary/aromatic N) is 1. The monoisotopic (exact) mass is 468 g/mol. The SMILES string of the molecule is Cc1cc(C)c(=O)n([C@@H](CNS(=O)(=O)CF)COC2CCC(c3cccc(F)c3)CC2)c1. The van der Waals surface area contributed by atoms with Crippen molar-refractivity contribution < 1.29 is 21.9 Å². The summed E-state index contributed by atoms with van der Waals surface area (Å²) in [5.74, 6) is 0.0399. The molecule has 6 nitrogen and oxygen atoms in total. The standard InChI is InChI=1S/C23H30F2N2O4S/c1-16-10-17(2)23(28)27(13-16)21(12-26-32(29,30)15-24)14-31-22-8-6-18(7-9-22)19-4-3-5-20(25)11-19/h3-5,10-11,13,18,21-22,26H,6-9,12,14-15H2,1-2H3/t18?,21-,22?/m0/s1. The van der Waals surface area contributed by atoms with Crippen molar-refractivity contribution in [1.29, 1.82) is 0 Å². The first-order valence-corrected chi connectivity index (χ1v) is 12.4. The normalized spacial score (nSPS) is 20.2. The third-order valence-corrected chi connectivity index (χ3v) is 6.85. The van der Waals surface area contributed by atoms with E-state index in [1.165, 1.54) is 10.6 Å². The van der Waals surface area contributed by atoms with E-state index in [0.29, 0.717) is 5.56 Å². The number of benzene rings is 1. The third-order valence-electron chi connectivity index (χ3n) is 5.95. The second kappa shape index (κ2) is 10.7. The average molecular weight is 469 g/mol. The summed E-state index contributed by atoms with van der Waals surface area (Å²) in [5, 5.41) is 0. The minimum atomic E-state index is -4.06. The number of aryl methyl sites for hydroxylation is 2. The van der Waals surface area contributed by atoms with Gasteiger partial charge in [-0.15, -0.1) is 0 Å². The molecule has 0 bridgehead atoms. The molecular formula is C23H30F2N2O4S. The summed E-state index contributed by atoms with van der Waals surface area (Å²) in [6.07, 6.45) is 4.90. The summed E-state index contributed by atoms with van der Waals surface area (Å²) in [6, 6.07) is 6.30. The largest absolute Gasteiger partial charge is 0.376 e. The van der Waals surface area contributed by atoms with E-state index in [9.17, 15) is 22.0 Å². The zero-order chi connectivity index (χ0) is 23.3. The lowest BCUT2D eigenvalue weighted by Gasteiger charge is -2.30. The predicted molar refractivity (Wildman–Crippen MR) is 119 cm³/mol. The van der Waals surface area contributed by atoms with Gasteiger partial charge in [0.2, 0.25) is 16.0 Å². The van der Waals surface area contributed by atoms with Crippen LogP contribution in [0.1, 0.15) is 54.3 Å². The van der Waals surface area contributed by atoms with Gasteiger partial charge in [-0.2, -0.15) is 0 Å². The zero-order valence-electron chi connectivity index (χ0n) is 18.4. The van der Waals surface area contributed by atoms with Crippen LogP contribution in [0.5, 0.6) is 0 Å². The van der Waals surface area contributed by atoms with Gasteiger partial charge in [0.15, 0.2) is 0 Å². The summed E-state index contributed by atoms with van der Waals surface area (Å²) in [5.41, 5.74) is 2.15. The van der Waals surface area contributed by atoms with E-state index in [4.69, 9.17) is 4.74 Å². The minimum Gasteiger partial charge on any atom is -0.376 e. The Morgan fingerprint density at radius 2 is 1.91 bits per heavy atom. The van der Waals surface area contributed by atoms with Crippen molar-refractivity contribution in [2.24, 2.45) is 0 Å². The van der Waals surface area contributed by atoms with Crippen LogP contribution in [0.2, 0.25) is 0 Å². The van der Waals surface area contributed by atoms with E-state index in [0.717, 1.165) is 36.8 Å². The Hall–Kier alpha value is -2.10. The second-order valence-corrected chi connectivity index (χ2v) is 10.2. The molecule has 1 fully saturated rings. The molecule has 1 N–H and O–H groups in total. The molecule has 1 aliphatic rings. The smallest absolute Gasteiger partial charge is 0.253 e. The Balaban J connectivity index is 1.66. The maximum atomic E-state index is 13.5. The fraction of sp³-hybridized carbons (Fsp3) is 0.522. The molecule has 0 unspecified atom stereocenters. The van der Waals surface area contributed by atoms with E-state index in [1.54, 1.807) is 31.3 Å². The van der Waals surface area contributed by atoms with E-state index < -0.39 is 22.1 Å². The van der Waals surface area contributed by atoms with Crippen LogP contribution in [-0.4, -0.2) is 38.2 Å². The van der Waals surface area contributed by atoms with Crippen LogP contribution in [0.4, 0.5) is 8.78 Å². The number of rotatable bonds is 9. The minimum absolute atomic E-state index is 0.0401.